The van der Waals surface area contributed by atoms with E-state index in [1.807, 2.05) is 25.1 Å². The molecule has 2 rings (SSSR count). The van der Waals surface area contributed by atoms with Crippen molar-refractivity contribution in [2.45, 2.75) is 32.9 Å². The molecule has 0 bridgehead atoms. The summed E-state index contributed by atoms with van der Waals surface area (Å²) in [4.78, 5) is 0. The molecule has 2 unspecified atom stereocenters. The Morgan fingerprint density at radius 3 is 2.14 bits per heavy atom. The molecule has 3 N–H and O–H groups in total. The zero-order valence-corrected chi connectivity index (χ0v) is 13.0. The second kappa shape index (κ2) is 7.36. The largest absolute Gasteiger partial charge is 0.372 e. The lowest BCUT2D eigenvalue weighted by Gasteiger charge is -2.28. The highest BCUT2D eigenvalue weighted by molar-refractivity contribution is 5.33. The molecule has 0 saturated carbocycles. The van der Waals surface area contributed by atoms with E-state index in [0.29, 0.717) is 6.61 Å². The Labute approximate surface area is 127 Å². The molecule has 3 heteroatoms. The van der Waals surface area contributed by atoms with E-state index in [4.69, 9.17) is 10.6 Å². The molecule has 0 saturated heterocycles. The highest BCUT2D eigenvalue weighted by Crippen LogP contribution is 2.32. The van der Waals surface area contributed by atoms with E-state index in [2.05, 4.69) is 49.6 Å². The van der Waals surface area contributed by atoms with Gasteiger partial charge < -0.3 is 4.74 Å². The number of hydrazine groups is 1. The summed E-state index contributed by atoms with van der Waals surface area (Å²) in [5.41, 5.74) is 7.67. The Balaban J connectivity index is 2.40. The fraction of sp³-hybridized carbons (Fsp3) is 0.333. The smallest absolute Gasteiger partial charge is 0.103 e. The lowest BCUT2D eigenvalue weighted by Crippen LogP contribution is -2.34. The Kier molecular flexibility index (Phi) is 5.51. The number of hydrogen-bond donors (Lipinski definition) is 2. The number of ether oxygens (including phenoxy) is 1. The van der Waals surface area contributed by atoms with Crippen molar-refractivity contribution < 1.29 is 4.74 Å². The van der Waals surface area contributed by atoms with Gasteiger partial charge in [0, 0.05) is 6.61 Å². The lowest BCUT2D eigenvalue weighted by molar-refractivity contribution is 0.0326. The molecule has 0 aliphatic carbocycles. The van der Waals surface area contributed by atoms with E-state index in [-0.39, 0.29) is 12.1 Å². The maximum Gasteiger partial charge on any atom is 0.103 e. The van der Waals surface area contributed by atoms with E-state index in [0.717, 1.165) is 11.1 Å². The monoisotopic (exact) mass is 284 g/mol. The Bertz CT molecular complexity index is 548. The normalized spacial score (nSPS) is 13.9. The van der Waals surface area contributed by atoms with Crippen LogP contribution in [0.5, 0.6) is 0 Å². The zero-order valence-electron chi connectivity index (χ0n) is 13.0. The summed E-state index contributed by atoms with van der Waals surface area (Å²) in [6.45, 7) is 6.85. The van der Waals surface area contributed by atoms with Gasteiger partial charge in [0.25, 0.3) is 0 Å². The van der Waals surface area contributed by atoms with Crippen molar-refractivity contribution in [3.8, 4) is 0 Å². The maximum atomic E-state index is 5.97. The van der Waals surface area contributed by atoms with Gasteiger partial charge in [-0.15, -0.1) is 0 Å². The minimum atomic E-state index is -0.109. The molecule has 112 valence electrons. The van der Waals surface area contributed by atoms with Gasteiger partial charge in [0.15, 0.2) is 0 Å². The fourth-order valence-corrected chi connectivity index (χ4v) is 2.76. The predicted molar refractivity (Wildman–Crippen MR) is 86.8 cm³/mol. The van der Waals surface area contributed by atoms with E-state index in [1.54, 1.807) is 0 Å². The van der Waals surface area contributed by atoms with Gasteiger partial charge in [-0.2, -0.15) is 0 Å². The summed E-state index contributed by atoms with van der Waals surface area (Å²) >= 11 is 0. The average molecular weight is 284 g/mol. The summed E-state index contributed by atoms with van der Waals surface area (Å²) in [7, 11) is 0. The Hall–Kier alpha value is -1.68. The van der Waals surface area contributed by atoms with Gasteiger partial charge in [0.05, 0.1) is 6.04 Å². The van der Waals surface area contributed by atoms with E-state index in [9.17, 15) is 0 Å². The van der Waals surface area contributed by atoms with Crippen LogP contribution in [-0.4, -0.2) is 6.61 Å². The van der Waals surface area contributed by atoms with Crippen LogP contribution in [0.4, 0.5) is 0 Å². The van der Waals surface area contributed by atoms with Crippen molar-refractivity contribution in [3.05, 3.63) is 70.8 Å². The summed E-state index contributed by atoms with van der Waals surface area (Å²) in [6, 6.07) is 16.6. The first-order valence-corrected chi connectivity index (χ1v) is 7.36. The van der Waals surface area contributed by atoms with Gasteiger partial charge >= 0.3 is 0 Å². The predicted octanol–water partition coefficient (Wildman–Crippen LogP) is 3.59. The van der Waals surface area contributed by atoms with Crippen molar-refractivity contribution in [1.82, 2.24) is 5.43 Å². The minimum absolute atomic E-state index is 0.0778. The molecule has 0 spiro atoms. The van der Waals surface area contributed by atoms with Gasteiger partial charge in [0.1, 0.15) is 6.10 Å². The minimum Gasteiger partial charge on any atom is -0.372 e. The van der Waals surface area contributed by atoms with Crippen LogP contribution >= 0.6 is 0 Å². The summed E-state index contributed by atoms with van der Waals surface area (Å²) < 4.78 is 5.97. The molecule has 0 aliphatic heterocycles. The SMILES string of the molecule is CCOC(c1ccccc1)C(NN)c1cc(C)cc(C)c1. The van der Waals surface area contributed by atoms with E-state index < -0.39 is 0 Å². The van der Waals surface area contributed by atoms with Crippen LogP contribution in [0.1, 0.15) is 41.3 Å². The van der Waals surface area contributed by atoms with Crippen LogP contribution in [0.2, 0.25) is 0 Å². The van der Waals surface area contributed by atoms with Crippen LogP contribution in [0.25, 0.3) is 0 Å². The molecule has 3 nitrogen and oxygen atoms in total. The van der Waals surface area contributed by atoms with Crippen LogP contribution in [0, 0.1) is 13.8 Å². The van der Waals surface area contributed by atoms with Gasteiger partial charge in [-0.3, -0.25) is 11.3 Å². The molecule has 0 heterocycles. The Morgan fingerprint density at radius 1 is 1.00 bits per heavy atom. The van der Waals surface area contributed by atoms with Crippen LogP contribution in [0.3, 0.4) is 0 Å². The van der Waals surface area contributed by atoms with Crippen LogP contribution in [0.15, 0.2) is 48.5 Å². The third-order valence-electron chi connectivity index (χ3n) is 3.56. The first-order valence-electron chi connectivity index (χ1n) is 7.36. The molecule has 0 aliphatic rings. The van der Waals surface area contributed by atoms with Gasteiger partial charge in [-0.05, 0) is 31.9 Å². The highest BCUT2D eigenvalue weighted by atomic mass is 16.5. The lowest BCUT2D eigenvalue weighted by atomic mass is 9.94. The van der Waals surface area contributed by atoms with Gasteiger partial charge in [-0.25, -0.2) is 0 Å². The van der Waals surface area contributed by atoms with Crippen molar-refractivity contribution in [2.75, 3.05) is 6.61 Å². The number of rotatable bonds is 6. The van der Waals surface area contributed by atoms with Crippen LogP contribution < -0.4 is 11.3 Å². The zero-order chi connectivity index (χ0) is 15.2. The number of nitrogens with two attached hydrogens (primary N) is 1. The third-order valence-corrected chi connectivity index (χ3v) is 3.56. The van der Waals surface area contributed by atoms with Crippen molar-refractivity contribution in [3.63, 3.8) is 0 Å². The van der Waals surface area contributed by atoms with Crippen molar-refractivity contribution >= 4 is 0 Å². The summed E-state index contributed by atoms with van der Waals surface area (Å²) in [5.74, 6) is 5.84. The number of hydrogen-bond acceptors (Lipinski definition) is 3. The number of benzene rings is 2. The standard InChI is InChI=1S/C18H24N2O/c1-4-21-18(15-8-6-5-7-9-15)17(20-19)16-11-13(2)10-14(3)12-16/h5-12,17-18,20H,4,19H2,1-3H3. The molecule has 2 atom stereocenters. The van der Waals surface area contributed by atoms with E-state index >= 15 is 0 Å². The first kappa shape index (κ1) is 15.7. The van der Waals surface area contributed by atoms with E-state index in [1.165, 1.54) is 11.1 Å². The average Bonchev–Trinajstić information content (AvgIpc) is 2.47. The number of nitrogens with one attached hydrogen (secondary N) is 1. The highest BCUT2D eigenvalue weighted by Gasteiger charge is 2.24. The van der Waals surface area contributed by atoms with Crippen molar-refractivity contribution in [1.29, 1.82) is 0 Å². The number of aryl methyl sites for hydroxylation is 2. The molecular weight excluding hydrogens is 260 g/mol. The fourth-order valence-electron chi connectivity index (χ4n) is 2.76. The van der Waals surface area contributed by atoms with Crippen molar-refractivity contribution in [2.24, 2.45) is 5.84 Å². The summed E-state index contributed by atoms with van der Waals surface area (Å²) in [5, 5.41) is 0. The van der Waals surface area contributed by atoms with Gasteiger partial charge in [-0.1, -0.05) is 59.7 Å². The summed E-state index contributed by atoms with van der Waals surface area (Å²) in [6.07, 6.45) is -0.109. The maximum absolute atomic E-state index is 5.97. The molecule has 0 amide bonds. The molecular formula is C18H24N2O. The molecule has 2 aromatic carbocycles. The second-order valence-corrected chi connectivity index (χ2v) is 5.35. The Morgan fingerprint density at radius 2 is 1.62 bits per heavy atom. The topological polar surface area (TPSA) is 47.3 Å². The first-order chi connectivity index (χ1) is 10.2. The third kappa shape index (κ3) is 3.91. The van der Waals surface area contributed by atoms with Crippen LogP contribution in [-0.2, 0) is 4.74 Å². The van der Waals surface area contributed by atoms with Gasteiger partial charge in [0.2, 0.25) is 0 Å². The molecule has 0 aromatic heterocycles. The molecule has 2 aromatic rings. The molecule has 0 fully saturated rings. The second-order valence-electron chi connectivity index (χ2n) is 5.35. The quantitative estimate of drug-likeness (QED) is 0.629. The molecule has 21 heavy (non-hydrogen) atoms. The molecule has 0 radical (unpaired) electrons.